The number of carbonyl (C=O) groups is 4. The molecule has 1 aliphatic heterocycles. The van der Waals surface area contributed by atoms with Crippen LogP contribution in [0.2, 0.25) is 1.41 Å². The number of nitrogens with one attached hydrogen (secondary N) is 3. The number of carbonyl (C=O) groups excluding carboxylic acids is 3. The third-order valence-electron chi connectivity index (χ3n) is 3.45. The fraction of sp³-hybridized carbons (Fsp3) is 0.733. The minimum Gasteiger partial charge on any atom is -0.481 e. The van der Waals surface area contributed by atoms with Crippen LogP contribution >= 0.6 is 0 Å². The van der Waals surface area contributed by atoms with Gasteiger partial charge in [0.15, 0.2) is 0 Å². The van der Waals surface area contributed by atoms with E-state index in [1.54, 1.807) is 0 Å². The number of rotatable bonds is 9. The summed E-state index contributed by atoms with van der Waals surface area (Å²) in [5, 5.41) is 9.67. The zero-order chi connectivity index (χ0) is 19.7. The maximum atomic E-state index is 12.4. The number of carboxylic acids is 1. The van der Waals surface area contributed by atoms with Gasteiger partial charge < -0.3 is 25.8 Å². The lowest BCUT2D eigenvalue weighted by molar-refractivity contribution is -0.147. The molecular formula is C15H25N3O6. The fourth-order valence-corrected chi connectivity index (χ4v) is 2.18. The fourth-order valence-electron chi connectivity index (χ4n) is 2.18. The van der Waals surface area contributed by atoms with E-state index < -0.39 is 48.3 Å². The van der Waals surface area contributed by atoms with Crippen LogP contribution in [0.5, 0.6) is 0 Å². The Morgan fingerprint density at radius 3 is 2.75 bits per heavy atom. The molecule has 0 bridgehead atoms. The van der Waals surface area contributed by atoms with Gasteiger partial charge in [-0.1, -0.05) is 6.92 Å². The molecule has 0 radical (unpaired) electrons. The maximum Gasteiger partial charge on any atom is 0.328 e. The lowest BCUT2D eigenvalue weighted by atomic mass is 10.1. The van der Waals surface area contributed by atoms with E-state index in [9.17, 15) is 19.2 Å². The molecule has 0 aromatic rings. The molecule has 0 saturated carbocycles. The summed E-state index contributed by atoms with van der Waals surface area (Å²) in [6.07, 6.45) is 1.20. The minimum atomic E-state index is -1.32. The summed E-state index contributed by atoms with van der Waals surface area (Å²) >= 11 is 0. The van der Waals surface area contributed by atoms with Crippen LogP contribution in [0.25, 0.3) is 1.43 Å². The molecule has 1 heterocycles. The summed E-state index contributed by atoms with van der Waals surface area (Å²) in [6.45, 7) is 3.89. The van der Waals surface area contributed by atoms with Crippen LogP contribution in [0.3, 0.4) is 0 Å². The van der Waals surface area contributed by atoms with Gasteiger partial charge in [0.1, 0.15) is 13.5 Å². The van der Waals surface area contributed by atoms with Gasteiger partial charge in [-0.3, -0.25) is 14.4 Å². The number of hydrogen-bond donors (Lipinski definition) is 4. The van der Waals surface area contributed by atoms with Gasteiger partial charge in [0.2, 0.25) is 11.8 Å². The molecule has 9 heteroatoms. The second-order valence-corrected chi connectivity index (χ2v) is 5.60. The van der Waals surface area contributed by atoms with E-state index in [0.717, 1.165) is 5.31 Å². The van der Waals surface area contributed by atoms with Gasteiger partial charge in [0.05, 0.1) is 19.1 Å². The van der Waals surface area contributed by atoms with Crippen molar-refractivity contribution in [2.24, 2.45) is 0 Å². The summed E-state index contributed by atoms with van der Waals surface area (Å²) in [4.78, 5) is 47.7. The molecule has 1 aliphatic rings. The molecule has 3 atom stereocenters. The minimum absolute atomic E-state index is 0.214. The topological polar surface area (TPSA) is 134 Å². The number of hydrogen-bond acceptors (Lipinski definition) is 7. The Morgan fingerprint density at radius 1 is 1.42 bits per heavy atom. The Kier molecular flexibility index (Phi) is 6.86. The molecule has 2 amide bonds. The highest BCUT2D eigenvalue weighted by Gasteiger charge is 2.30. The highest BCUT2D eigenvalue weighted by molar-refractivity contribution is 5.94. The van der Waals surface area contributed by atoms with E-state index in [0.29, 0.717) is 25.8 Å². The van der Waals surface area contributed by atoms with Crippen LogP contribution in [-0.4, -0.2) is 60.1 Å². The third-order valence-corrected chi connectivity index (χ3v) is 3.45. The molecule has 1 rings (SSSR count). The monoisotopic (exact) mass is 345 g/mol. The van der Waals surface area contributed by atoms with Crippen LogP contribution in [0.4, 0.5) is 0 Å². The highest BCUT2D eigenvalue weighted by Crippen LogP contribution is 2.06. The lowest BCUT2D eigenvalue weighted by Crippen LogP contribution is -2.54. The summed E-state index contributed by atoms with van der Waals surface area (Å²) < 4.78 is 19.2. The van der Waals surface area contributed by atoms with Crippen molar-refractivity contribution in [2.45, 2.75) is 57.7 Å². The molecule has 0 aliphatic carbocycles. The molecule has 4 N–H and O–H groups in total. The first kappa shape index (κ1) is 16.7. The molecule has 24 heavy (non-hydrogen) atoms. The molecule has 0 unspecified atom stereocenters. The summed E-state index contributed by atoms with van der Waals surface area (Å²) in [5.41, 5.74) is 0. The number of amides is 2. The van der Waals surface area contributed by atoms with Crippen molar-refractivity contribution in [2.75, 3.05) is 13.2 Å². The van der Waals surface area contributed by atoms with E-state index in [1.807, 2.05) is 6.92 Å². The normalized spacial score (nSPS) is 21.0. The van der Waals surface area contributed by atoms with Gasteiger partial charge in [0.25, 0.3) is 1.43 Å². The first-order chi connectivity index (χ1) is 12.3. The van der Waals surface area contributed by atoms with Crippen molar-refractivity contribution >= 4 is 23.8 Å². The molecule has 136 valence electrons. The molecule has 1 fully saturated rings. The average molecular weight is 345 g/mol. The summed E-state index contributed by atoms with van der Waals surface area (Å²) in [7, 11) is 0. The average Bonchev–Trinajstić information content (AvgIpc) is 3.04. The van der Waals surface area contributed by atoms with Gasteiger partial charge in [-0.15, -0.1) is 0 Å². The maximum absolute atomic E-state index is 12.4. The predicted octanol–water partition coefficient (Wildman–Crippen LogP) is -0.844. The van der Waals surface area contributed by atoms with Gasteiger partial charge in [-0.05, 0) is 32.7 Å². The van der Waals surface area contributed by atoms with Gasteiger partial charge >= 0.3 is 11.9 Å². The Morgan fingerprint density at radius 2 is 2.17 bits per heavy atom. The van der Waals surface area contributed by atoms with E-state index in [1.165, 1.54) is 6.92 Å². The van der Waals surface area contributed by atoms with Crippen LogP contribution in [0.15, 0.2) is 0 Å². The number of carboxylic acid groups (broad SMARTS) is 1. The highest BCUT2D eigenvalue weighted by atomic mass is 16.5. The Labute approximate surface area is 143 Å². The number of ether oxygens (including phenoxy) is 1. The largest absolute Gasteiger partial charge is 0.481 e. The molecule has 9 nitrogen and oxygen atoms in total. The smallest absolute Gasteiger partial charge is 0.328 e. The molecule has 1 saturated heterocycles. The summed E-state index contributed by atoms with van der Waals surface area (Å²) in [5.74, 6) is -3.00. The molecule has 0 aromatic carbocycles. The predicted molar refractivity (Wildman–Crippen MR) is 84.1 cm³/mol. The van der Waals surface area contributed by atoms with Crippen molar-refractivity contribution in [1.29, 1.82) is 1.43 Å². The van der Waals surface area contributed by atoms with Crippen molar-refractivity contribution in [3.05, 3.63) is 0 Å². The van der Waals surface area contributed by atoms with Crippen LogP contribution in [-0.2, 0) is 23.9 Å². The quantitative estimate of drug-likeness (QED) is 0.400. The second kappa shape index (κ2) is 9.86. The van der Waals surface area contributed by atoms with Crippen molar-refractivity contribution < 1.29 is 30.4 Å². The van der Waals surface area contributed by atoms with E-state index in [2.05, 4.69) is 15.7 Å². The van der Waals surface area contributed by atoms with E-state index >= 15 is 0 Å². The Balaban J connectivity index is 2.71. The Bertz CT molecular complexity index is 534. The molecule has 0 aromatic heterocycles. The van der Waals surface area contributed by atoms with Crippen LogP contribution in [0.1, 0.15) is 39.5 Å². The van der Waals surface area contributed by atoms with Crippen molar-refractivity contribution in [1.82, 2.24) is 15.9 Å². The first-order valence-corrected chi connectivity index (χ1v) is 7.99. The van der Waals surface area contributed by atoms with Crippen molar-refractivity contribution in [3.63, 3.8) is 0 Å². The third kappa shape index (κ3) is 6.53. The zero-order valence-electron chi connectivity index (χ0n) is 15.9. The SMILES string of the molecule is [2H]OC(=O)C[C@H](NC(=O)[C@H]1CCCN1[2H])C(=O)N[C@@H](C)C(=O)OCCC. The van der Waals surface area contributed by atoms with Crippen LogP contribution in [0, 0.1) is 0 Å². The van der Waals surface area contributed by atoms with Crippen LogP contribution < -0.4 is 15.9 Å². The molecule has 0 spiro atoms. The number of aliphatic carboxylic acids is 1. The first-order valence-electron chi connectivity index (χ1n) is 8.84. The standard InChI is InChI=1S/C15H25N3O6/c1-3-7-24-15(23)9(2)17-14(22)11(8-12(19)20)18-13(21)10-5-4-6-16-10/h9-11,16H,3-8H2,1-2H3,(H,17,22)(H,18,21)(H,19,20)/t9-,10+,11-/m0/s1/i/hD2. The van der Waals surface area contributed by atoms with Gasteiger partial charge in [-0.25, -0.2) is 4.79 Å². The Hall–Kier alpha value is -2.16. The van der Waals surface area contributed by atoms with E-state index in [-0.39, 0.29) is 6.61 Å². The second-order valence-electron chi connectivity index (χ2n) is 5.60. The van der Waals surface area contributed by atoms with Crippen molar-refractivity contribution in [3.8, 4) is 0 Å². The zero-order valence-corrected chi connectivity index (χ0v) is 13.9. The van der Waals surface area contributed by atoms with E-state index in [4.69, 9.17) is 7.58 Å². The molecular weight excluding hydrogens is 318 g/mol. The lowest BCUT2D eigenvalue weighted by Gasteiger charge is -2.21. The van der Waals surface area contributed by atoms with Gasteiger partial charge in [0, 0.05) is 0 Å². The number of esters is 1. The summed E-state index contributed by atoms with van der Waals surface area (Å²) in [6, 6.07) is -3.01. The van der Waals surface area contributed by atoms with Gasteiger partial charge in [-0.2, -0.15) is 0 Å².